The highest BCUT2D eigenvalue weighted by molar-refractivity contribution is 7.99. The molecule has 0 amide bonds. The van der Waals surface area contributed by atoms with Gasteiger partial charge in [0, 0.05) is 28.7 Å². The highest BCUT2D eigenvalue weighted by Gasteiger charge is 2.31. The zero-order valence-electron chi connectivity index (χ0n) is 31.7. The summed E-state index contributed by atoms with van der Waals surface area (Å²) in [5.41, 5.74) is 13.1. The molecular weight excluding hydrogens is 725 g/mol. The summed E-state index contributed by atoms with van der Waals surface area (Å²) in [6.07, 6.45) is 0.913. The topological polar surface area (TPSA) is 15.7 Å². The highest BCUT2D eigenvalue weighted by atomic mass is 32.2. The maximum Gasteiger partial charge on any atom is 0.165 e. The lowest BCUT2D eigenvalue weighted by molar-refractivity contribution is 0.456. The van der Waals surface area contributed by atoms with E-state index in [4.69, 9.17) is 4.74 Å². The molecule has 9 aromatic carbocycles. The maximum absolute atomic E-state index is 7.08. The lowest BCUT2D eigenvalue weighted by Gasteiger charge is -2.33. The van der Waals surface area contributed by atoms with Crippen LogP contribution in [0.15, 0.2) is 222 Å². The average Bonchev–Trinajstić information content (AvgIpc) is 3.29. The molecule has 2 aliphatic rings. The Balaban J connectivity index is 1.01. The Morgan fingerprint density at radius 2 is 1.07 bits per heavy atom. The molecule has 4 heteroatoms. The van der Waals surface area contributed by atoms with E-state index in [1.807, 2.05) is 0 Å². The normalized spacial score (nSPS) is 13.7. The first kappa shape index (κ1) is 34.3. The largest absolute Gasteiger partial charge is 0.453 e. The fourth-order valence-electron chi connectivity index (χ4n) is 8.78. The summed E-state index contributed by atoms with van der Waals surface area (Å²) in [4.78, 5) is 6.83. The predicted molar refractivity (Wildman–Crippen MR) is 241 cm³/mol. The van der Waals surface area contributed by atoms with Gasteiger partial charge in [-0.1, -0.05) is 151 Å². The molecule has 3 nitrogen and oxygen atoms in total. The molecule has 0 bridgehead atoms. The molecule has 0 radical (unpaired) electrons. The van der Waals surface area contributed by atoms with Crippen LogP contribution in [-0.4, -0.2) is 0 Å². The van der Waals surface area contributed by atoms with Crippen LogP contribution in [0, 0.1) is 0 Å². The number of hydrogen-bond acceptors (Lipinski definition) is 4. The van der Waals surface area contributed by atoms with Crippen molar-refractivity contribution in [3.63, 3.8) is 0 Å². The van der Waals surface area contributed by atoms with Gasteiger partial charge in [-0.25, -0.2) is 0 Å². The zero-order chi connectivity index (χ0) is 38.4. The summed E-state index contributed by atoms with van der Waals surface area (Å²) in [5.74, 6) is 1.94. The molecule has 1 heterocycles. The molecule has 0 spiro atoms. The molecule has 0 N–H and O–H groups in total. The van der Waals surface area contributed by atoms with E-state index in [1.54, 1.807) is 11.8 Å². The monoisotopic (exact) mass is 762 g/mol. The third-order valence-corrected chi connectivity index (χ3v) is 12.6. The second kappa shape index (κ2) is 14.5. The van der Waals surface area contributed by atoms with Crippen molar-refractivity contribution in [2.24, 2.45) is 0 Å². The Hall–Kier alpha value is -7.01. The van der Waals surface area contributed by atoms with Gasteiger partial charge in [0.15, 0.2) is 5.75 Å². The smallest absolute Gasteiger partial charge is 0.165 e. The van der Waals surface area contributed by atoms with Crippen LogP contribution in [-0.2, 0) is 6.42 Å². The molecular formula is C54H38N2OS. The number of anilines is 6. The Morgan fingerprint density at radius 1 is 0.448 bits per heavy atom. The van der Waals surface area contributed by atoms with Gasteiger partial charge in [0.25, 0.3) is 0 Å². The van der Waals surface area contributed by atoms with Crippen LogP contribution in [0.1, 0.15) is 22.6 Å². The van der Waals surface area contributed by atoms with Gasteiger partial charge in [-0.3, -0.25) is 0 Å². The molecule has 1 atom stereocenters. The molecule has 0 aromatic heterocycles. The number of para-hydroxylation sites is 4. The molecule has 1 unspecified atom stereocenters. The first-order valence-corrected chi connectivity index (χ1v) is 20.7. The fourth-order valence-corrected chi connectivity index (χ4v) is 9.86. The van der Waals surface area contributed by atoms with Crippen molar-refractivity contribution in [1.82, 2.24) is 0 Å². The molecule has 1 aliphatic heterocycles. The Labute approximate surface area is 343 Å². The van der Waals surface area contributed by atoms with Crippen LogP contribution in [0.25, 0.3) is 21.9 Å². The Morgan fingerprint density at radius 3 is 1.81 bits per heavy atom. The van der Waals surface area contributed by atoms with Crippen molar-refractivity contribution in [3.8, 4) is 22.6 Å². The number of hydrogen-bond donors (Lipinski definition) is 0. The summed E-state index contributed by atoms with van der Waals surface area (Å²) in [5, 5.41) is 2.55. The van der Waals surface area contributed by atoms with Crippen LogP contribution in [0.3, 0.4) is 0 Å². The van der Waals surface area contributed by atoms with E-state index in [0.717, 1.165) is 61.8 Å². The van der Waals surface area contributed by atoms with Crippen LogP contribution in [0.2, 0.25) is 0 Å². The first-order chi connectivity index (χ1) is 28.8. The van der Waals surface area contributed by atoms with Crippen molar-refractivity contribution < 1.29 is 4.74 Å². The Bertz CT molecular complexity index is 2910. The number of benzene rings is 9. The predicted octanol–water partition coefficient (Wildman–Crippen LogP) is 15.4. The third-order valence-electron chi connectivity index (χ3n) is 11.4. The number of rotatable bonds is 7. The lowest BCUT2D eigenvalue weighted by Crippen LogP contribution is -2.16. The molecule has 276 valence electrons. The molecule has 9 aromatic rings. The van der Waals surface area contributed by atoms with Gasteiger partial charge in [-0.15, -0.1) is 0 Å². The van der Waals surface area contributed by atoms with Crippen molar-refractivity contribution in [2.75, 3.05) is 9.80 Å². The van der Waals surface area contributed by atoms with Gasteiger partial charge >= 0.3 is 0 Å². The van der Waals surface area contributed by atoms with Crippen molar-refractivity contribution in [3.05, 3.63) is 229 Å². The minimum atomic E-state index is 0.245. The van der Waals surface area contributed by atoms with Crippen LogP contribution in [0.5, 0.6) is 11.5 Å². The van der Waals surface area contributed by atoms with E-state index < -0.39 is 0 Å². The van der Waals surface area contributed by atoms with Crippen LogP contribution < -0.4 is 14.5 Å². The summed E-state index contributed by atoms with van der Waals surface area (Å²) in [6, 6.07) is 76.3. The number of nitrogens with zero attached hydrogens (tertiary/aromatic N) is 2. The molecule has 1 aliphatic carbocycles. The third kappa shape index (κ3) is 6.01. The van der Waals surface area contributed by atoms with Crippen molar-refractivity contribution in [2.45, 2.75) is 22.1 Å². The first-order valence-electron chi connectivity index (χ1n) is 19.8. The van der Waals surface area contributed by atoms with Gasteiger partial charge in [0.2, 0.25) is 0 Å². The molecule has 58 heavy (non-hydrogen) atoms. The second-order valence-electron chi connectivity index (χ2n) is 14.9. The van der Waals surface area contributed by atoms with Gasteiger partial charge in [0.05, 0.1) is 21.2 Å². The van der Waals surface area contributed by atoms with Crippen molar-refractivity contribution >= 4 is 56.7 Å². The fraction of sp³-hybridized carbons (Fsp3) is 0.0370. The molecule has 0 saturated carbocycles. The van der Waals surface area contributed by atoms with E-state index in [1.165, 1.54) is 38.6 Å². The van der Waals surface area contributed by atoms with E-state index in [-0.39, 0.29) is 5.92 Å². The van der Waals surface area contributed by atoms with E-state index >= 15 is 0 Å². The highest BCUT2D eigenvalue weighted by Crippen LogP contribution is 2.57. The SMILES string of the molecule is c1ccc(N(c2ccc3c(c2)CC(c2ccc4ccccc4c2)c2ccccc2-3)c2cccc3c2Oc2cccc(N(c4ccccc4)c4ccccc4)c2S3)cc1. The van der Waals surface area contributed by atoms with Crippen LogP contribution in [0.4, 0.5) is 34.1 Å². The van der Waals surface area contributed by atoms with Gasteiger partial charge in [0.1, 0.15) is 5.75 Å². The summed E-state index contributed by atoms with van der Waals surface area (Å²) >= 11 is 1.77. The lowest BCUT2D eigenvalue weighted by atomic mass is 9.75. The minimum Gasteiger partial charge on any atom is -0.453 e. The van der Waals surface area contributed by atoms with Gasteiger partial charge in [-0.2, -0.15) is 0 Å². The summed E-state index contributed by atoms with van der Waals surface area (Å²) in [7, 11) is 0. The number of ether oxygens (including phenoxy) is 1. The van der Waals surface area contributed by atoms with Gasteiger partial charge in [-0.05, 0) is 118 Å². The maximum atomic E-state index is 7.08. The molecule has 0 saturated heterocycles. The quantitative estimate of drug-likeness (QED) is 0.161. The average molecular weight is 763 g/mol. The van der Waals surface area contributed by atoms with Gasteiger partial charge < -0.3 is 14.5 Å². The number of fused-ring (bicyclic) bond motifs is 6. The standard InChI is InChI=1S/C54H38N2OS/c1-4-18-41(19-5-1)55(42-20-6-2-7-21-42)50-27-14-28-51-54(50)58-52-29-15-26-49(53(52)57-51)56(43-22-8-3-9-23-43)44-32-33-45-40(35-44)36-48(47-25-13-12-24-46(45)47)39-31-30-37-16-10-11-17-38(37)34-39/h1-35,48H,36H2. The molecule has 11 rings (SSSR count). The van der Waals surface area contributed by atoms with E-state index in [2.05, 4.69) is 222 Å². The minimum absolute atomic E-state index is 0.245. The van der Waals surface area contributed by atoms with Crippen LogP contribution >= 0.6 is 11.8 Å². The summed E-state index contributed by atoms with van der Waals surface area (Å²) < 4.78 is 7.08. The second-order valence-corrected chi connectivity index (χ2v) is 15.9. The van der Waals surface area contributed by atoms with E-state index in [0.29, 0.717) is 0 Å². The van der Waals surface area contributed by atoms with E-state index in [9.17, 15) is 0 Å². The van der Waals surface area contributed by atoms with Crippen molar-refractivity contribution in [1.29, 1.82) is 0 Å². The molecule has 0 fully saturated rings. The summed E-state index contributed by atoms with van der Waals surface area (Å²) in [6.45, 7) is 0. The zero-order valence-corrected chi connectivity index (χ0v) is 32.5. The Kier molecular flexibility index (Phi) is 8.56.